The summed E-state index contributed by atoms with van der Waals surface area (Å²) in [6.07, 6.45) is 3.46. The van der Waals surface area contributed by atoms with Crippen LogP contribution in [0.5, 0.6) is 0 Å². The number of carbonyl (C=O) groups is 1. The van der Waals surface area contributed by atoms with E-state index in [2.05, 4.69) is 31.0 Å². The van der Waals surface area contributed by atoms with E-state index in [4.69, 9.17) is 0 Å². The van der Waals surface area contributed by atoms with E-state index in [0.717, 1.165) is 25.3 Å². The van der Waals surface area contributed by atoms with Gasteiger partial charge in [-0.3, -0.25) is 4.79 Å². The van der Waals surface area contributed by atoms with E-state index in [1.807, 2.05) is 13.8 Å². The van der Waals surface area contributed by atoms with Crippen LogP contribution in [-0.2, 0) is 4.79 Å². The smallest absolute Gasteiger partial charge is 0.222 e. The summed E-state index contributed by atoms with van der Waals surface area (Å²) in [6.45, 7) is 13.1. The van der Waals surface area contributed by atoms with Crippen LogP contribution >= 0.6 is 0 Å². The molecule has 1 aliphatic heterocycles. The molecule has 1 saturated heterocycles. The molecule has 106 valence electrons. The van der Waals surface area contributed by atoms with Gasteiger partial charge < -0.3 is 10.2 Å². The van der Waals surface area contributed by atoms with Crippen LogP contribution in [-0.4, -0.2) is 36.0 Å². The summed E-state index contributed by atoms with van der Waals surface area (Å²) in [5.41, 5.74) is 0. The summed E-state index contributed by atoms with van der Waals surface area (Å²) in [6, 6.07) is 0.972. The lowest BCUT2D eigenvalue weighted by molar-refractivity contribution is -0.125. The molecule has 3 heteroatoms. The van der Waals surface area contributed by atoms with Gasteiger partial charge in [-0.15, -0.1) is 0 Å². The van der Waals surface area contributed by atoms with Crippen molar-refractivity contribution in [2.75, 3.05) is 13.1 Å². The highest BCUT2D eigenvalue weighted by Crippen LogP contribution is 2.18. The highest BCUT2D eigenvalue weighted by molar-refractivity contribution is 5.78. The molecule has 0 saturated carbocycles. The Morgan fingerprint density at radius 3 is 2.50 bits per heavy atom. The van der Waals surface area contributed by atoms with E-state index >= 15 is 0 Å². The Hall–Kier alpha value is -0.570. The predicted molar refractivity (Wildman–Crippen MR) is 76.5 cm³/mol. The second kappa shape index (κ2) is 7.13. The fraction of sp³-hybridized carbons (Fsp3) is 0.933. The molecule has 18 heavy (non-hydrogen) atoms. The van der Waals surface area contributed by atoms with Crippen molar-refractivity contribution in [1.82, 2.24) is 10.2 Å². The average Bonchev–Trinajstić information content (AvgIpc) is 2.27. The first-order valence-corrected chi connectivity index (χ1v) is 7.44. The summed E-state index contributed by atoms with van der Waals surface area (Å²) in [5.74, 6) is 1.07. The second-order valence-corrected chi connectivity index (χ2v) is 6.45. The molecule has 2 atom stereocenters. The highest BCUT2D eigenvalue weighted by Gasteiger charge is 2.26. The van der Waals surface area contributed by atoms with Crippen molar-refractivity contribution in [3.8, 4) is 0 Å². The maximum Gasteiger partial charge on any atom is 0.222 e. The van der Waals surface area contributed by atoms with E-state index in [-0.39, 0.29) is 11.8 Å². The Morgan fingerprint density at radius 2 is 2.00 bits per heavy atom. The number of likely N-dealkylation sites (tertiary alicyclic amines) is 1. The van der Waals surface area contributed by atoms with Gasteiger partial charge in [-0.1, -0.05) is 27.7 Å². The molecule has 1 fully saturated rings. The first-order chi connectivity index (χ1) is 8.40. The van der Waals surface area contributed by atoms with Crippen molar-refractivity contribution in [3.63, 3.8) is 0 Å². The molecule has 0 aromatic carbocycles. The van der Waals surface area contributed by atoms with Crippen LogP contribution in [0.4, 0.5) is 0 Å². The Morgan fingerprint density at radius 1 is 1.33 bits per heavy atom. The fourth-order valence-electron chi connectivity index (χ4n) is 2.48. The van der Waals surface area contributed by atoms with Crippen LogP contribution in [0.15, 0.2) is 0 Å². The molecule has 0 spiro atoms. The van der Waals surface area contributed by atoms with Crippen molar-refractivity contribution in [2.45, 2.75) is 66.0 Å². The highest BCUT2D eigenvalue weighted by atomic mass is 16.1. The molecular weight excluding hydrogens is 224 g/mol. The molecule has 1 heterocycles. The largest absolute Gasteiger partial charge is 0.353 e. The lowest BCUT2D eigenvalue weighted by Gasteiger charge is -2.38. The van der Waals surface area contributed by atoms with Crippen molar-refractivity contribution in [1.29, 1.82) is 0 Å². The first kappa shape index (κ1) is 15.5. The molecule has 1 rings (SSSR count). The lowest BCUT2D eigenvalue weighted by atomic mass is 9.96. The van der Waals surface area contributed by atoms with Gasteiger partial charge in [0.1, 0.15) is 0 Å². The van der Waals surface area contributed by atoms with Gasteiger partial charge in [0.2, 0.25) is 5.91 Å². The molecule has 0 aromatic rings. The first-order valence-electron chi connectivity index (χ1n) is 7.44. The second-order valence-electron chi connectivity index (χ2n) is 6.45. The predicted octanol–water partition coefficient (Wildman–Crippen LogP) is 2.66. The number of carbonyl (C=O) groups excluding carboxylic acids is 1. The molecule has 0 bridgehead atoms. The van der Waals surface area contributed by atoms with Crippen molar-refractivity contribution < 1.29 is 4.79 Å². The maximum absolute atomic E-state index is 11.7. The minimum atomic E-state index is 0.0966. The number of rotatable bonds is 5. The molecule has 3 nitrogen and oxygen atoms in total. The zero-order valence-corrected chi connectivity index (χ0v) is 12.7. The van der Waals surface area contributed by atoms with Crippen LogP contribution < -0.4 is 5.32 Å². The molecule has 1 N–H and O–H groups in total. The Balaban J connectivity index is 2.34. The fourth-order valence-corrected chi connectivity index (χ4v) is 2.48. The third-order valence-corrected chi connectivity index (χ3v) is 3.88. The average molecular weight is 254 g/mol. The van der Waals surface area contributed by atoms with Gasteiger partial charge in [-0.2, -0.15) is 0 Å². The summed E-state index contributed by atoms with van der Waals surface area (Å²) in [5, 5.41) is 3.17. The van der Waals surface area contributed by atoms with Crippen LogP contribution in [0.25, 0.3) is 0 Å². The van der Waals surface area contributed by atoms with Gasteiger partial charge in [-0.05, 0) is 38.6 Å². The van der Waals surface area contributed by atoms with Gasteiger partial charge in [0.15, 0.2) is 0 Å². The normalized spacial score (nSPS) is 25.7. The van der Waals surface area contributed by atoms with Gasteiger partial charge in [0, 0.05) is 24.5 Å². The molecule has 0 aromatic heterocycles. The number of hydrogen-bond acceptors (Lipinski definition) is 2. The van der Waals surface area contributed by atoms with Gasteiger partial charge >= 0.3 is 0 Å². The Labute approximate surface area is 112 Å². The number of nitrogens with zero attached hydrogens (tertiary/aromatic N) is 1. The topological polar surface area (TPSA) is 32.3 Å². The van der Waals surface area contributed by atoms with Crippen LogP contribution in [0, 0.1) is 11.8 Å². The van der Waals surface area contributed by atoms with Crippen LogP contribution in [0.3, 0.4) is 0 Å². The van der Waals surface area contributed by atoms with E-state index in [1.54, 1.807) is 0 Å². The van der Waals surface area contributed by atoms with Crippen LogP contribution in [0.1, 0.15) is 53.9 Å². The lowest BCUT2D eigenvalue weighted by Crippen LogP contribution is -2.49. The minimum Gasteiger partial charge on any atom is -0.353 e. The third kappa shape index (κ3) is 4.97. The van der Waals surface area contributed by atoms with Crippen molar-refractivity contribution in [2.24, 2.45) is 11.8 Å². The van der Waals surface area contributed by atoms with Gasteiger partial charge in [0.25, 0.3) is 0 Å². The van der Waals surface area contributed by atoms with E-state index in [0.29, 0.717) is 12.1 Å². The zero-order chi connectivity index (χ0) is 13.7. The summed E-state index contributed by atoms with van der Waals surface area (Å²) in [7, 11) is 0. The molecule has 1 amide bonds. The van der Waals surface area contributed by atoms with Gasteiger partial charge in [-0.25, -0.2) is 0 Å². The summed E-state index contributed by atoms with van der Waals surface area (Å²) >= 11 is 0. The molecule has 0 unspecified atom stereocenters. The standard InChI is InChI=1S/C15H30N2O/c1-11(2)6-8-17-9-7-14(10-13(17)5)16-15(18)12(3)4/h11-14H,6-10H2,1-5H3,(H,16,18)/t13-,14-/m0/s1. The SMILES string of the molecule is CC(C)CCN1CC[C@H](NC(=O)C(C)C)C[C@@H]1C. The monoisotopic (exact) mass is 254 g/mol. The maximum atomic E-state index is 11.7. The quantitative estimate of drug-likeness (QED) is 0.818. The number of hydrogen-bond donors (Lipinski definition) is 1. The van der Waals surface area contributed by atoms with Gasteiger partial charge in [0.05, 0.1) is 0 Å². The van der Waals surface area contributed by atoms with E-state index in [9.17, 15) is 4.79 Å². The number of piperidine rings is 1. The zero-order valence-electron chi connectivity index (χ0n) is 12.7. The van der Waals surface area contributed by atoms with Crippen molar-refractivity contribution >= 4 is 5.91 Å². The molecule has 1 aliphatic rings. The van der Waals surface area contributed by atoms with Crippen LogP contribution in [0.2, 0.25) is 0 Å². The number of nitrogens with one attached hydrogen (secondary N) is 1. The van der Waals surface area contributed by atoms with E-state index in [1.165, 1.54) is 13.0 Å². The van der Waals surface area contributed by atoms with Crippen molar-refractivity contribution in [3.05, 3.63) is 0 Å². The van der Waals surface area contributed by atoms with E-state index < -0.39 is 0 Å². The summed E-state index contributed by atoms with van der Waals surface area (Å²) < 4.78 is 0. The Kier molecular flexibility index (Phi) is 6.13. The minimum absolute atomic E-state index is 0.0966. The summed E-state index contributed by atoms with van der Waals surface area (Å²) in [4.78, 5) is 14.3. The molecule has 0 radical (unpaired) electrons. The third-order valence-electron chi connectivity index (χ3n) is 3.88. The molecular formula is C15H30N2O. The Bertz CT molecular complexity index is 263. The molecule has 0 aliphatic carbocycles. The number of amides is 1.